The smallest absolute Gasteiger partial charge is 0.254 e. The van der Waals surface area contributed by atoms with E-state index >= 15 is 0 Å². The van der Waals surface area contributed by atoms with Crippen molar-refractivity contribution in [2.24, 2.45) is 0 Å². The van der Waals surface area contributed by atoms with Crippen LogP contribution in [0.15, 0.2) is 36.9 Å². The van der Waals surface area contributed by atoms with Crippen LogP contribution in [0.25, 0.3) is 0 Å². The van der Waals surface area contributed by atoms with Crippen LogP contribution in [0.3, 0.4) is 0 Å². The molecule has 23 heavy (non-hydrogen) atoms. The first-order valence-corrected chi connectivity index (χ1v) is 7.65. The number of nitrogens with zero attached hydrogens (tertiary/aromatic N) is 5. The van der Waals surface area contributed by atoms with Crippen LogP contribution in [-0.2, 0) is 6.54 Å². The number of piperazine rings is 1. The second kappa shape index (κ2) is 7.15. The summed E-state index contributed by atoms with van der Waals surface area (Å²) in [5.74, 6) is 0.501. The Balaban J connectivity index is 1.57. The fourth-order valence-electron chi connectivity index (χ4n) is 2.40. The van der Waals surface area contributed by atoms with Crippen molar-refractivity contribution in [2.45, 2.75) is 6.54 Å². The molecule has 3 heterocycles. The third-order valence-electron chi connectivity index (χ3n) is 3.86. The molecule has 7 nitrogen and oxygen atoms in total. The fraction of sp³-hybridized carbons (Fsp3) is 0.375. The normalized spacial score (nSPS) is 15.4. The van der Waals surface area contributed by atoms with Gasteiger partial charge in [-0.05, 0) is 18.7 Å². The molecule has 0 saturated carbocycles. The van der Waals surface area contributed by atoms with Gasteiger partial charge in [0, 0.05) is 57.5 Å². The van der Waals surface area contributed by atoms with Gasteiger partial charge in [-0.2, -0.15) is 0 Å². The van der Waals surface area contributed by atoms with Gasteiger partial charge in [0.25, 0.3) is 5.91 Å². The largest absolute Gasteiger partial charge is 0.348 e. The van der Waals surface area contributed by atoms with Crippen LogP contribution >= 0.6 is 0 Å². The summed E-state index contributed by atoms with van der Waals surface area (Å²) in [6, 6.07) is 3.76. The van der Waals surface area contributed by atoms with E-state index in [2.05, 4.69) is 37.1 Å². The number of carbonyl (C=O) groups is 1. The van der Waals surface area contributed by atoms with Crippen LogP contribution in [0.5, 0.6) is 0 Å². The van der Waals surface area contributed by atoms with E-state index in [0.717, 1.165) is 31.7 Å². The lowest BCUT2D eigenvalue weighted by atomic mass is 10.2. The maximum Gasteiger partial charge on any atom is 0.254 e. The number of hydrogen-bond acceptors (Lipinski definition) is 6. The van der Waals surface area contributed by atoms with Crippen molar-refractivity contribution < 1.29 is 4.79 Å². The fourth-order valence-corrected chi connectivity index (χ4v) is 2.40. The Morgan fingerprint density at radius 3 is 2.57 bits per heavy atom. The lowest BCUT2D eigenvalue weighted by molar-refractivity contribution is 0.0950. The molecule has 0 unspecified atom stereocenters. The van der Waals surface area contributed by atoms with Crippen molar-refractivity contribution in [1.29, 1.82) is 0 Å². The number of amides is 1. The van der Waals surface area contributed by atoms with Crippen LogP contribution in [0.1, 0.15) is 15.9 Å². The van der Waals surface area contributed by atoms with E-state index in [4.69, 9.17) is 0 Å². The molecule has 1 amide bonds. The summed E-state index contributed by atoms with van der Waals surface area (Å²) in [6.07, 6.45) is 6.60. The van der Waals surface area contributed by atoms with E-state index in [1.807, 2.05) is 12.1 Å². The van der Waals surface area contributed by atoms with Crippen LogP contribution in [0.2, 0.25) is 0 Å². The molecule has 1 aliphatic rings. The average Bonchev–Trinajstić information content (AvgIpc) is 2.61. The maximum absolute atomic E-state index is 12.1. The first-order chi connectivity index (χ1) is 11.2. The molecule has 120 valence electrons. The molecule has 0 aliphatic carbocycles. The van der Waals surface area contributed by atoms with E-state index < -0.39 is 0 Å². The van der Waals surface area contributed by atoms with Crippen LogP contribution in [0, 0.1) is 0 Å². The van der Waals surface area contributed by atoms with Gasteiger partial charge in [0.15, 0.2) is 0 Å². The summed E-state index contributed by atoms with van der Waals surface area (Å²) in [5.41, 5.74) is 1.42. The van der Waals surface area contributed by atoms with Gasteiger partial charge in [-0.3, -0.25) is 9.78 Å². The van der Waals surface area contributed by atoms with Gasteiger partial charge in [-0.1, -0.05) is 6.07 Å². The van der Waals surface area contributed by atoms with E-state index in [1.165, 1.54) is 0 Å². The molecule has 0 bridgehead atoms. The number of anilines is 1. The zero-order valence-electron chi connectivity index (χ0n) is 13.1. The van der Waals surface area contributed by atoms with Gasteiger partial charge < -0.3 is 15.1 Å². The van der Waals surface area contributed by atoms with Crippen LogP contribution < -0.4 is 10.2 Å². The van der Waals surface area contributed by atoms with Crippen molar-refractivity contribution in [3.05, 3.63) is 48.0 Å². The molecule has 1 aliphatic heterocycles. The topological polar surface area (TPSA) is 74.2 Å². The van der Waals surface area contributed by atoms with Crippen molar-refractivity contribution in [1.82, 2.24) is 25.2 Å². The molecule has 0 atom stereocenters. The minimum absolute atomic E-state index is 0.182. The molecule has 3 rings (SSSR count). The van der Waals surface area contributed by atoms with Crippen LogP contribution in [-0.4, -0.2) is 59.0 Å². The summed E-state index contributed by atoms with van der Waals surface area (Å²) in [4.78, 5) is 29.2. The third-order valence-corrected chi connectivity index (χ3v) is 3.86. The average molecular weight is 312 g/mol. The first-order valence-electron chi connectivity index (χ1n) is 7.65. The Morgan fingerprint density at radius 2 is 1.91 bits per heavy atom. The second-order valence-electron chi connectivity index (χ2n) is 5.61. The molecule has 1 N–H and O–H groups in total. The Hall–Kier alpha value is -2.54. The Kier molecular flexibility index (Phi) is 4.77. The third kappa shape index (κ3) is 4.01. The van der Waals surface area contributed by atoms with Crippen molar-refractivity contribution in [3.8, 4) is 0 Å². The zero-order chi connectivity index (χ0) is 16.1. The second-order valence-corrected chi connectivity index (χ2v) is 5.61. The zero-order valence-corrected chi connectivity index (χ0v) is 13.1. The van der Waals surface area contributed by atoms with Gasteiger partial charge in [0.1, 0.15) is 0 Å². The lowest BCUT2D eigenvalue weighted by Crippen LogP contribution is -2.45. The number of pyridine rings is 1. The highest BCUT2D eigenvalue weighted by Gasteiger charge is 2.16. The summed E-state index contributed by atoms with van der Waals surface area (Å²) in [6.45, 7) is 4.24. The van der Waals surface area contributed by atoms with Gasteiger partial charge in [0.05, 0.1) is 5.56 Å². The standard InChI is InChI=1S/C16H20N6O/c1-21-5-7-22(8-6-21)16-19-11-14(12-20-16)15(23)18-10-13-3-2-4-17-9-13/h2-4,9,11-12H,5-8,10H2,1H3,(H,18,23). The molecular weight excluding hydrogens is 292 g/mol. The molecule has 0 aromatic carbocycles. The van der Waals surface area contributed by atoms with Crippen molar-refractivity contribution >= 4 is 11.9 Å². The predicted molar refractivity (Wildman–Crippen MR) is 87.1 cm³/mol. The summed E-state index contributed by atoms with van der Waals surface area (Å²) in [5, 5.41) is 2.84. The molecule has 1 saturated heterocycles. The Morgan fingerprint density at radius 1 is 1.17 bits per heavy atom. The number of rotatable bonds is 4. The number of nitrogens with one attached hydrogen (secondary N) is 1. The van der Waals surface area contributed by atoms with E-state index in [0.29, 0.717) is 18.1 Å². The monoisotopic (exact) mass is 312 g/mol. The SMILES string of the molecule is CN1CCN(c2ncc(C(=O)NCc3cccnc3)cn2)CC1. The lowest BCUT2D eigenvalue weighted by Gasteiger charge is -2.32. The highest BCUT2D eigenvalue weighted by atomic mass is 16.1. The number of aromatic nitrogens is 3. The summed E-state index contributed by atoms with van der Waals surface area (Å²) in [7, 11) is 2.11. The number of likely N-dealkylation sites (N-methyl/N-ethyl adjacent to an activating group) is 1. The highest BCUT2D eigenvalue weighted by molar-refractivity contribution is 5.93. The molecule has 2 aromatic heterocycles. The summed E-state index contributed by atoms with van der Waals surface area (Å²) < 4.78 is 0. The van der Waals surface area contributed by atoms with E-state index in [-0.39, 0.29) is 5.91 Å². The van der Waals surface area contributed by atoms with Gasteiger partial charge in [0.2, 0.25) is 5.95 Å². The molecule has 0 radical (unpaired) electrons. The molecule has 2 aromatic rings. The maximum atomic E-state index is 12.1. The molecule has 7 heteroatoms. The quantitative estimate of drug-likeness (QED) is 0.889. The predicted octanol–water partition coefficient (Wildman–Crippen LogP) is 0.553. The Bertz CT molecular complexity index is 637. The van der Waals surface area contributed by atoms with E-state index in [1.54, 1.807) is 24.8 Å². The number of hydrogen-bond donors (Lipinski definition) is 1. The first kappa shape index (κ1) is 15.4. The highest BCUT2D eigenvalue weighted by Crippen LogP contribution is 2.10. The molecular formula is C16H20N6O. The van der Waals surface area contributed by atoms with Gasteiger partial charge in [-0.15, -0.1) is 0 Å². The summed E-state index contributed by atoms with van der Waals surface area (Å²) >= 11 is 0. The minimum atomic E-state index is -0.182. The molecule has 1 fully saturated rings. The number of carbonyl (C=O) groups excluding carboxylic acids is 1. The van der Waals surface area contributed by atoms with E-state index in [9.17, 15) is 4.79 Å². The van der Waals surface area contributed by atoms with Crippen molar-refractivity contribution in [3.63, 3.8) is 0 Å². The van der Waals surface area contributed by atoms with Crippen LogP contribution in [0.4, 0.5) is 5.95 Å². The minimum Gasteiger partial charge on any atom is -0.348 e. The molecule has 0 spiro atoms. The van der Waals surface area contributed by atoms with Crippen molar-refractivity contribution in [2.75, 3.05) is 38.1 Å². The van der Waals surface area contributed by atoms with Gasteiger partial charge in [-0.25, -0.2) is 9.97 Å². The Labute approximate surface area is 135 Å². The van der Waals surface area contributed by atoms with Gasteiger partial charge >= 0.3 is 0 Å².